The lowest BCUT2D eigenvalue weighted by molar-refractivity contribution is 0.0776. The molecule has 1 atom stereocenters. The number of pyridine rings is 1. The van der Waals surface area contributed by atoms with E-state index in [-0.39, 0.29) is 12.0 Å². The normalized spacial score (nSPS) is 17.4. The highest BCUT2D eigenvalue weighted by atomic mass is 32.1. The van der Waals surface area contributed by atoms with E-state index in [1.807, 2.05) is 42.2 Å². The van der Waals surface area contributed by atoms with Crippen molar-refractivity contribution in [1.82, 2.24) is 19.5 Å². The molecule has 3 aromatic rings. The maximum Gasteiger partial charge on any atom is 0.267 e. The van der Waals surface area contributed by atoms with Crippen molar-refractivity contribution >= 4 is 28.3 Å². The van der Waals surface area contributed by atoms with Gasteiger partial charge in [0.05, 0.1) is 12.2 Å². The molecule has 24 heavy (non-hydrogen) atoms. The van der Waals surface area contributed by atoms with Gasteiger partial charge in [-0.05, 0) is 30.6 Å². The second-order valence-electron chi connectivity index (χ2n) is 5.80. The number of fused-ring (bicyclic) bond motifs is 1. The molecule has 6 nitrogen and oxygen atoms in total. The van der Waals surface area contributed by atoms with E-state index in [0.717, 1.165) is 34.6 Å². The average molecular weight is 340 g/mol. The van der Waals surface area contributed by atoms with Crippen molar-refractivity contribution in [3.05, 3.63) is 47.1 Å². The van der Waals surface area contributed by atoms with E-state index in [1.165, 1.54) is 0 Å². The molecule has 1 aliphatic heterocycles. The molecule has 3 heterocycles. The van der Waals surface area contributed by atoms with E-state index in [0.29, 0.717) is 23.7 Å². The minimum absolute atomic E-state index is 0.00959. The molecule has 1 unspecified atom stereocenters. The van der Waals surface area contributed by atoms with Gasteiger partial charge in [-0.1, -0.05) is 22.7 Å². The first kappa shape index (κ1) is 15.0. The number of rotatable bonds is 3. The van der Waals surface area contributed by atoms with Gasteiger partial charge < -0.3 is 9.64 Å². The van der Waals surface area contributed by atoms with Crippen LogP contribution in [0.2, 0.25) is 0 Å². The fourth-order valence-electron chi connectivity index (χ4n) is 2.93. The van der Waals surface area contributed by atoms with Gasteiger partial charge in [-0.2, -0.15) is 0 Å². The smallest absolute Gasteiger partial charge is 0.267 e. The summed E-state index contributed by atoms with van der Waals surface area (Å²) in [4.78, 5) is 19.4. The molecule has 0 spiro atoms. The van der Waals surface area contributed by atoms with E-state index < -0.39 is 0 Å². The van der Waals surface area contributed by atoms with Crippen LogP contribution < -0.4 is 4.74 Å². The third-order valence-corrected chi connectivity index (χ3v) is 4.98. The summed E-state index contributed by atoms with van der Waals surface area (Å²) >= 11 is 1.15. The minimum Gasteiger partial charge on any atom is -0.486 e. The number of aryl methyl sites for hydroxylation is 1. The van der Waals surface area contributed by atoms with Crippen molar-refractivity contribution in [2.75, 3.05) is 13.1 Å². The molecule has 0 bridgehead atoms. The van der Waals surface area contributed by atoms with Crippen LogP contribution in [0.4, 0.5) is 0 Å². The largest absolute Gasteiger partial charge is 0.486 e. The van der Waals surface area contributed by atoms with Crippen LogP contribution >= 0.6 is 11.5 Å². The SMILES string of the molecule is Cc1nnsc1C(=O)N1CCC(Oc2cccc3cccnc23)C1. The third kappa shape index (κ3) is 2.71. The number of nitrogens with zero attached hydrogens (tertiary/aromatic N) is 4. The number of carbonyl (C=O) groups excluding carboxylic acids is 1. The number of aromatic nitrogens is 3. The highest BCUT2D eigenvalue weighted by molar-refractivity contribution is 7.07. The Labute approximate surface area is 143 Å². The van der Waals surface area contributed by atoms with Gasteiger partial charge in [0.15, 0.2) is 0 Å². The molecular formula is C17H16N4O2S. The standard InChI is InChI=1S/C17H16N4O2S/c1-11-16(24-20-19-11)17(22)21-9-7-13(10-21)23-14-6-2-4-12-5-3-8-18-15(12)14/h2-6,8,13H,7,9-10H2,1H3. The van der Waals surface area contributed by atoms with Gasteiger partial charge in [0, 0.05) is 24.5 Å². The van der Waals surface area contributed by atoms with E-state index in [9.17, 15) is 4.79 Å². The van der Waals surface area contributed by atoms with Gasteiger partial charge >= 0.3 is 0 Å². The molecule has 4 rings (SSSR count). The first-order chi connectivity index (χ1) is 11.7. The van der Waals surface area contributed by atoms with Crippen molar-refractivity contribution in [2.24, 2.45) is 0 Å². The molecule has 122 valence electrons. The van der Waals surface area contributed by atoms with Crippen molar-refractivity contribution in [3.8, 4) is 5.75 Å². The summed E-state index contributed by atoms with van der Waals surface area (Å²) in [6, 6.07) is 9.83. The van der Waals surface area contributed by atoms with Gasteiger partial charge in [-0.15, -0.1) is 5.10 Å². The number of para-hydroxylation sites is 1. The third-order valence-electron chi connectivity index (χ3n) is 4.17. The Hall–Kier alpha value is -2.54. The topological polar surface area (TPSA) is 68.2 Å². The predicted molar refractivity (Wildman–Crippen MR) is 91.3 cm³/mol. The number of hydrogen-bond acceptors (Lipinski definition) is 6. The van der Waals surface area contributed by atoms with Crippen LogP contribution in [0.3, 0.4) is 0 Å². The second-order valence-corrected chi connectivity index (χ2v) is 6.55. The van der Waals surface area contributed by atoms with Gasteiger partial charge in [0.25, 0.3) is 5.91 Å². The Kier molecular flexibility index (Phi) is 3.86. The molecule has 1 aliphatic rings. The molecule has 2 aromatic heterocycles. The summed E-state index contributed by atoms with van der Waals surface area (Å²) in [5.41, 5.74) is 1.54. The highest BCUT2D eigenvalue weighted by Crippen LogP contribution is 2.27. The van der Waals surface area contributed by atoms with Crippen molar-refractivity contribution in [1.29, 1.82) is 0 Å². The summed E-state index contributed by atoms with van der Waals surface area (Å²) in [6.45, 7) is 3.06. The number of likely N-dealkylation sites (tertiary alicyclic amines) is 1. The van der Waals surface area contributed by atoms with Gasteiger partial charge in [-0.3, -0.25) is 9.78 Å². The monoisotopic (exact) mass is 340 g/mol. The fourth-order valence-corrected chi connectivity index (χ4v) is 3.56. The molecule has 0 N–H and O–H groups in total. The molecule has 0 aliphatic carbocycles. The van der Waals surface area contributed by atoms with Gasteiger partial charge in [0.2, 0.25) is 0 Å². The van der Waals surface area contributed by atoms with Crippen LogP contribution in [-0.4, -0.2) is 44.6 Å². The van der Waals surface area contributed by atoms with Gasteiger partial charge in [0.1, 0.15) is 22.2 Å². The van der Waals surface area contributed by atoms with Crippen LogP contribution in [0.25, 0.3) is 10.9 Å². The van der Waals surface area contributed by atoms with Crippen molar-refractivity contribution in [3.63, 3.8) is 0 Å². The Morgan fingerprint density at radius 2 is 2.21 bits per heavy atom. The second kappa shape index (κ2) is 6.16. The number of carbonyl (C=O) groups is 1. The summed E-state index contributed by atoms with van der Waals surface area (Å²) in [7, 11) is 0. The van der Waals surface area contributed by atoms with E-state index in [4.69, 9.17) is 4.74 Å². The number of hydrogen-bond donors (Lipinski definition) is 0. The number of ether oxygens (including phenoxy) is 1. The zero-order chi connectivity index (χ0) is 16.5. The summed E-state index contributed by atoms with van der Waals surface area (Å²) in [5, 5.41) is 4.96. The molecule has 1 amide bonds. The van der Waals surface area contributed by atoms with Crippen LogP contribution in [0.15, 0.2) is 36.5 Å². The fraction of sp³-hybridized carbons (Fsp3) is 0.294. The molecule has 0 radical (unpaired) electrons. The zero-order valence-electron chi connectivity index (χ0n) is 13.2. The van der Waals surface area contributed by atoms with Crippen LogP contribution in [0.1, 0.15) is 21.8 Å². The van der Waals surface area contributed by atoms with Crippen LogP contribution in [0, 0.1) is 6.92 Å². The summed E-state index contributed by atoms with van der Waals surface area (Å²) in [6.07, 6.45) is 2.54. The molecule has 1 aromatic carbocycles. The summed E-state index contributed by atoms with van der Waals surface area (Å²) in [5.74, 6) is 0.757. The average Bonchev–Trinajstić information content (AvgIpc) is 3.24. The highest BCUT2D eigenvalue weighted by Gasteiger charge is 2.30. The number of benzene rings is 1. The van der Waals surface area contributed by atoms with E-state index in [1.54, 1.807) is 6.20 Å². The Bertz CT molecular complexity index is 890. The lowest BCUT2D eigenvalue weighted by Crippen LogP contribution is -2.30. The zero-order valence-corrected chi connectivity index (χ0v) is 14.0. The molecule has 1 fully saturated rings. The van der Waals surface area contributed by atoms with E-state index in [2.05, 4.69) is 14.6 Å². The lowest BCUT2D eigenvalue weighted by atomic mass is 10.2. The maximum absolute atomic E-state index is 12.5. The van der Waals surface area contributed by atoms with E-state index >= 15 is 0 Å². The number of amides is 1. The predicted octanol–water partition coefficient (Wildman–Crippen LogP) is 2.69. The minimum atomic E-state index is -0.0252. The Morgan fingerprint density at radius 1 is 1.33 bits per heavy atom. The molecule has 0 saturated carbocycles. The van der Waals surface area contributed by atoms with Crippen LogP contribution in [0.5, 0.6) is 5.75 Å². The maximum atomic E-state index is 12.5. The van der Waals surface area contributed by atoms with Crippen molar-refractivity contribution in [2.45, 2.75) is 19.4 Å². The lowest BCUT2D eigenvalue weighted by Gasteiger charge is -2.17. The quantitative estimate of drug-likeness (QED) is 0.733. The van der Waals surface area contributed by atoms with Crippen LogP contribution in [-0.2, 0) is 0 Å². The summed E-state index contributed by atoms with van der Waals surface area (Å²) < 4.78 is 9.97. The van der Waals surface area contributed by atoms with Crippen molar-refractivity contribution < 1.29 is 9.53 Å². The molecule has 7 heteroatoms. The van der Waals surface area contributed by atoms with Gasteiger partial charge in [-0.25, -0.2) is 0 Å². The first-order valence-corrected chi connectivity index (χ1v) is 8.58. The Morgan fingerprint density at radius 3 is 3.04 bits per heavy atom. The first-order valence-electron chi connectivity index (χ1n) is 7.81. The Balaban J connectivity index is 1.49. The molecule has 1 saturated heterocycles. The molecular weight excluding hydrogens is 324 g/mol.